The highest BCUT2D eigenvalue weighted by atomic mass is 35.5. The lowest BCUT2D eigenvalue weighted by molar-refractivity contribution is 0.322. The molecule has 0 saturated carbocycles. The second-order valence-electron chi connectivity index (χ2n) is 2.61. The van der Waals surface area contributed by atoms with Gasteiger partial charge in [0.2, 0.25) is 0 Å². The number of hydrogen-bond donors (Lipinski definition) is 1. The van der Waals surface area contributed by atoms with E-state index in [0.717, 1.165) is 11.1 Å². The summed E-state index contributed by atoms with van der Waals surface area (Å²) >= 11 is 5.49. The lowest BCUT2D eigenvalue weighted by atomic mass is 10.1. The maximum Gasteiger partial charge on any atom is 0.0734 e. The Morgan fingerprint density at radius 3 is 3.07 bits per heavy atom. The maximum atomic E-state index is 8.34. The summed E-state index contributed by atoms with van der Waals surface area (Å²) in [7, 11) is 0. The van der Waals surface area contributed by atoms with Gasteiger partial charge in [-0.1, -0.05) is 29.1 Å². The van der Waals surface area contributed by atoms with Crippen LogP contribution in [0.1, 0.15) is 17.5 Å². The van der Waals surface area contributed by atoms with Crippen molar-refractivity contribution >= 4 is 17.8 Å². The van der Waals surface area contributed by atoms with Crippen molar-refractivity contribution in [1.29, 1.82) is 0 Å². The molecular weight excluding hydrogens is 198 g/mol. The highest BCUT2D eigenvalue weighted by Gasteiger charge is 1.89. The predicted octanol–water partition coefficient (Wildman–Crippen LogP) is 2.48. The van der Waals surface area contributed by atoms with Crippen molar-refractivity contribution < 1.29 is 5.21 Å². The molecule has 1 rings (SSSR count). The Balaban J connectivity index is 2.79. The summed E-state index contributed by atoms with van der Waals surface area (Å²) in [6.07, 6.45) is 2.05. The molecule has 0 radical (unpaired) electrons. The lowest BCUT2D eigenvalue weighted by Gasteiger charge is -1.92. The van der Waals surface area contributed by atoms with Gasteiger partial charge in [-0.3, -0.25) is 0 Å². The largest absolute Gasteiger partial charge is 0.411 e. The van der Waals surface area contributed by atoms with Crippen molar-refractivity contribution in [2.45, 2.75) is 6.42 Å². The number of oxime groups is 1. The molecule has 14 heavy (non-hydrogen) atoms. The number of nitrogens with zero attached hydrogens (tertiary/aromatic N) is 1. The second-order valence-corrected chi connectivity index (χ2v) is 2.99. The zero-order valence-electron chi connectivity index (χ0n) is 7.57. The lowest BCUT2D eigenvalue weighted by Crippen LogP contribution is -1.82. The fourth-order valence-electron chi connectivity index (χ4n) is 0.975. The van der Waals surface area contributed by atoms with Gasteiger partial charge in [-0.05, 0) is 17.7 Å². The van der Waals surface area contributed by atoms with Gasteiger partial charge in [-0.25, -0.2) is 0 Å². The monoisotopic (exact) mass is 207 g/mol. The molecule has 1 aromatic carbocycles. The summed E-state index contributed by atoms with van der Waals surface area (Å²) in [5.74, 6) is 6.44. The third-order valence-corrected chi connectivity index (χ3v) is 1.73. The third kappa shape index (κ3) is 3.51. The van der Waals surface area contributed by atoms with Crippen molar-refractivity contribution in [1.82, 2.24) is 0 Å². The smallest absolute Gasteiger partial charge is 0.0734 e. The summed E-state index contributed by atoms with van der Waals surface area (Å²) in [6.45, 7) is 0. The van der Waals surface area contributed by atoms with Crippen LogP contribution >= 0.6 is 11.6 Å². The molecule has 0 aromatic heterocycles. The maximum absolute atomic E-state index is 8.34. The molecule has 1 aromatic rings. The van der Waals surface area contributed by atoms with E-state index in [2.05, 4.69) is 17.0 Å². The van der Waals surface area contributed by atoms with E-state index >= 15 is 0 Å². The summed E-state index contributed by atoms with van der Waals surface area (Å²) in [5, 5.41) is 11.3. The molecule has 1 N–H and O–H groups in total. The van der Waals surface area contributed by atoms with Crippen LogP contribution in [0, 0.1) is 11.8 Å². The van der Waals surface area contributed by atoms with E-state index in [1.54, 1.807) is 0 Å². The van der Waals surface area contributed by atoms with Crippen LogP contribution in [0.5, 0.6) is 0 Å². The topological polar surface area (TPSA) is 32.6 Å². The fourth-order valence-corrected chi connectivity index (χ4v) is 1.07. The molecule has 0 atom stereocenters. The van der Waals surface area contributed by atoms with Crippen LogP contribution in [-0.4, -0.2) is 17.3 Å². The van der Waals surface area contributed by atoms with Crippen molar-refractivity contribution in [3.05, 3.63) is 35.4 Å². The van der Waals surface area contributed by atoms with E-state index < -0.39 is 0 Å². The zero-order valence-corrected chi connectivity index (χ0v) is 8.33. The quantitative estimate of drug-likeness (QED) is 0.261. The van der Waals surface area contributed by atoms with Crippen LogP contribution in [0.3, 0.4) is 0 Å². The highest BCUT2D eigenvalue weighted by molar-refractivity contribution is 6.18. The zero-order chi connectivity index (χ0) is 10.2. The van der Waals surface area contributed by atoms with Crippen LogP contribution in [0.25, 0.3) is 0 Å². The van der Waals surface area contributed by atoms with Gasteiger partial charge in [0, 0.05) is 17.9 Å². The Morgan fingerprint density at radius 1 is 1.50 bits per heavy atom. The van der Waals surface area contributed by atoms with Crippen molar-refractivity contribution in [2.75, 3.05) is 5.88 Å². The molecule has 2 nitrogen and oxygen atoms in total. The van der Waals surface area contributed by atoms with Gasteiger partial charge in [0.05, 0.1) is 6.21 Å². The van der Waals surface area contributed by atoms with Crippen LogP contribution in [0.2, 0.25) is 0 Å². The van der Waals surface area contributed by atoms with Gasteiger partial charge in [0.25, 0.3) is 0 Å². The molecule has 0 spiro atoms. The predicted molar refractivity (Wildman–Crippen MR) is 58.0 cm³/mol. The van der Waals surface area contributed by atoms with Gasteiger partial charge >= 0.3 is 0 Å². The minimum Gasteiger partial charge on any atom is -0.411 e. The summed E-state index contributed by atoms with van der Waals surface area (Å²) in [4.78, 5) is 0. The average molecular weight is 208 g/mol. The minimum absolute atomic E-state index is 0.546. The number of alkyl halides is 1. The summed E-state index contributed by atoms with van der Waals surface area (Å²) < 4.78 is 0. The van der Waals surface area contributed by atoms with E-state index in [1.807, 2.05) is 24.3 Å². The first-order valence-electron chi connectivity index (χ1n) is 4.19. The van der Waals surface area contributed by atoms with Gasteiger partial charge in [0.1, 0.15) is 0 Å². The van der Waals surface area contributed by atoms with Crippen LogP contribution < -0.4 is 0 Å². The number of hydrogen-bond acceptors (Lipinski definition) is 2. The fraction of sp³-hybridized carbons (Fsp3) is 0.182. The van der Waals surface area contributed by atoms with Crippen LogP contribution in [0.4, 0.5) is 0 Å². The Morgan fingerprint density at radius 2 is 2.36 bits per heavy atom. The van der Waals surface area contributed by atoms with Crippen LogP contribution in [-0.2, 0) is 0 Å². The molecular formula is C11H10ClNO. The summed E-state index contributed by atoms with van der Waals surface area (Å²) in [5.41, 5.74) is 1.72. The third-order valence-electron chi connectivity index (χ3n) is 1.55. The molecule has 0 heterocycles. The Labute approximate surface area is 88.2 Å². The molecule has 0 aliphatic heterocycles. The second kappa shape index (κ2) is 6.06. The Bertz CT molecular complexity index is 376. The van der Waals surface area contributed by atoms with E-state index in [9.17, 15) is 0 Å². The first-order chi connectivity index (χ1) is 6.86. The molecule has 0 aliphatic rings. The van der Waals surface area contributed by atoms with Crippen molar-refractivity contribution in [3.8, 4) is 11.8 Å². The van der Waals surface area contributed by atoms with Gasteiger partial charge in [0.15, 0.2) is 0 Å². The molecule has 3 heteroatoms. The Kier molecular flexibility index (Phi) is 4.60. The molecule has 0 amide bonds. The Hall–Kier alpha value is -1.46. The molecule has 0 fully saturated rings. The van der Waals surface area contributed by atoms with Gasteiger partial charge in [-0.15, -0.1) is 11.6 Å². The van der Waals surface area contributed by atoms with Crippen LogP contribution in [0.15, 0.2) is 29.4 Å². The number of benzene rings is 1. The van der Waals surface area contributed by atoms with E-state index in [0.29, 0.717) is 12.3 Å². The molecule has 0 unspecified atom stereocenters. The summed E-state index contributed by atoms with van der Waals surface area (Å²) in [6, 6.07) is 7.45. The van der Waals surface area contributed by atoms with E-state index in [1.165, 1.54) is 6.21 Å². The molecule has 0 aliphatic carbocycles. The molecule has 0 bridgehead atoms. The SMILES string of the molecule is ON=Cc1cccc(C#CCCCl)c1. The van der Waals surface area contributed by atoms with Crippen molar-refractivity contribution in [2.24, 2.45) is 5.16 Å². The molecule has 0 saturated heterocycles. The number of rotatable bonds is 2. The van der Waals surface area contributed by atoms with Gasteiger partial charge < -0.3 is 5.21 Å². The highest BCUT2D eigenvalue weighted by Crippen LogP contribution is 2.01. The van der Waals surface area contributed by atoms with E-state index in [-0.39, 0.29) is 0 Å². The normalized spacial score (nSPS) is 9.79. The first-order valence-corrected chi connectivity index (χ1v) is 4.72. The van der Waals surface area contributed by atoms with Crippen molar-refractivity contribution in [3.63, 3.8) is 0 Å². The van der Waals surface area contributed by atoms with Gasteiger partial charge in [-0.2, -0.15) is 0 Å². The average Bonchev–Trinajstić information content (AvgIpc) is 2.19. The van der Waals surface area contributed by atoms with E-state index in [4.69, 9.17) is 16.8 Å². The first kappa shape index (κ1) is 10.6. The standard InChI is InChI=1S/C11H10ClNO/c12-7-2-1-4-10-5-3-6-11(8-10)9-13-14/h3,5-6,8-9,14H,2,7H2. The number of halogens is 1. The molecule has 72 valence electrons. The minimum atomic E-state index is 0.546.